The molecule has 8 heteroatoms. The summed E-state index contributed by atoms with van der Waals surface area (Å²) in [5, 5.41) is 19.5. The van der Waals surface area contributed by atoms with E-state index in [-0.39, 0.29) is 4.90 Å². The van der Waals surface area contributed by atoms with E-state index in [0.717, 1.165) is 24.3 Å². The topological polar surface area (TPSA) is 104 Å². The lowest BCUT2D eigenvalue weighted by molar-refractivity contribution is -0.140. The minimum Gasteiger partial charge on any atom is -0.480 e. The zero-order chi connectivity index (χ0) is 13.8. The number of aliphatic carboxylic acids is 1. The quantitative estimate of drug-likeness (QED) is 0.611. The molecule has 18 heavy (non-hydrogen) atoms. The number of hydrogen-bond donors (Lipinski definition) is 3. The van der Waals surface area contributed by atoms with E-state index in [0.29, 0.717) is 0 Å². The van der Waals surface area contributed by atoms with Crippen molar-refractivity contribution in [3.8, 4) is 0 Å². The van der Waals surface area contributed by atoms with Crippen molar-refractivity contribution in [3.63, 3.8) is 0 Å². The summed E-state index contributed by atoms with van der Waals surface area (Å²) in [6.45, 7) is -0.728. The van der Waals surface area contributed by atoms with Crippen LogP contribution in [0.25, 0.3) is 0 Å². The van der Waals surface area contributed by atoms with E-state index in [1.807, 2.05) is 0 Å². The van der Waals surface area contributed by atoms with Gasteiger partial charge in [0.15, 0.2) is 9.84 Å². The first-order valence-corrected chi connectivity index (χ1v) is 6.57. The van der Waals surface area contributed by atoms with Crippen LogP contribution < -0.4 is 5.32 Å². The van der Waals surface area contributed by atoms with Crippen molar-refractivity contribution >= 4 is 15.8 Å². The average molecular weight is 277 g/mol. The molecule has 0 bridgehead atoms. The van der Waals surface area contributed by atoms with Crippen LogP contribution in [-0.4, -0.2) is 43.1 Å². The molecule has 0 radical (unpaired) electrons. The highest BCUT2D eigenvalue weighted by molar-refractivity contribution is 7.91. The van der Waals surface area contributed by atoms with Gasteiger partial charge in [-0.25, -0.2) is 12.8 Å². The average Bonchev–Trinajstić information content (AvgIpc) is 2.29. The first-order valence-electron chi connectivity index (χ1n) is 4.92. The molecule has 0 fully saturated rings. The zero-order valence-electron chi connectivity index (χ0n) is 9.21. The molecule has 6 nitrogen and oxygen atoms in total. The Balaban J connectivity index is 2.76. The van der Waals surface area contributed by atoms with E-state index >= 15 is 0 Å². The number of sulfone groups is 1. The highest BCUT2D eigenvalue weighted by atomic mass is 32.2. The van der Waals surface area contributed by atoms with Crippen molar-refractivity contribution in [2.24, 2.45) is 0 Å². The van der Waals surface area contributed by atoms with Crippen LogP contribution in [0.2, 0.25) is 0 Å². The third-order valence-corrected chi connectivity index (χ3v) is 3.71. The molecule has 0 amide bonds. The van der Waals surface area contributed by atoms with Crippen molar-refractivity contribution < 1.29 is 27.8 Å². The number of hydrogen-bond acceptors (Lipinski definition) is 5. The van der Waals surface area contributed by atoms with E-state index in [9.17, 15) is 17.6 Å². The monoisotopic (exact) mass is 277 g/mol. The SMILES string of the molecule is O=C(O)[C@H](CO)NCS(=O)(=O)c1ccc(F)cc1. The minimum absolute atomic E-state index is 0.126. The maximum atomic E-state index is 12.6. The van der Waals surface area contributed by atoms with Crippen LogP contribution in [0.3, 0.4) is 0 Å². The summed E-state index contributed by atoms with van der Waals surface area (Å²) >= 11 is 0. The summed E-state index contributed by atoms with van der Waals surface area (Å²) in [6.07, 6.45) is 0. The summed E-state index contributed by atoms with van der Waals surface area (Å²) in [5.41, 5.74) is 0. The van der Waals surface area contributed by atoms with Gasteiger partial charge in [-0.1, -0.05) is 0 Å². The molecular formula is C10H12FNO5S. The van der Waals surface area contributed by atoms with E-state index in [1.165, 1.54) is 0 Å². The Morgan fingerprint density at radius 3 is 2.33 bits per heavy atom. The largest absolute Gasteiger partial charge is 0.480 e. The van der Waals surface area contributed by atoms with Gasteiger partial charge in [0, 0.05) is 0 Å². The Kier molecular flexibility index (Phi) is 4.76. The number of rotatable bonds is 6. The van der Waals surface area contributed by atoms with Gasteiger partial charge in [0.25, 0.3) is 0 Å². The van der Waals surface area contributed by atoms with Gasteiger partial charge in [-0.3, -0.25) is 10.1 Å². The van der Waals surface area contributed by atoms with Crippen molar-refractivity contribution in [2.45, 2.75) is 10.9 Å². The smallest absolute Gasteiger partial charge is 0.323 e. The maximum Gasteiger partial charge on any atom is 0.323 e. The summed E-state index contributed by atoms with van der Waals surface area (Å²) in [7, 11) is -3.77. The first kappa shape index (κ1) is 14.6. The third-order valence-electron chi connectivity index (χ3n) is 2.17. The van der Waals surface area contributed by atoms with E-state index in [2.05, 4.69) is 5.32 Å². The molecule has 3 N–H and O–H groups in total. The Bertz CT molecular complexity index is 514. The number of benzene rings is 1. The first-order chi connectivity index (χ1) is 8.36. The van der Waals surface area contributed by atoms with Gasteiger partial charge in [0.05, 0.1) is 11.5 Å². The molecule has 0 aromatic heterocycles. The second-order valence-corrected chi connectivity index (χ2v) is 5.48. The Hall–Kier alpha value is -1.51. The lowest BCUT2D eigenvalue weighted by Crippen LogP contribution is -2.42. The molecule has 0 saturated carbocycles. The molecule has 0 spiro atoms. The Morgan fingerprint density at radius 1 is 1.33 bits per heavy atom. The fraction of sp³-hybridized carbons (Fsp3) is 0.300. The second-order valence-electron chi connectivity index (χ2n) is 3.49. The zero-order valence-corrected chi connectivity index (χ0v) is 10.0. The standard InChI is InChI=1S/C10H12FNO5S/c11-7-1-3-8(4-2-7)18(16,17)6-12-9(5-13)10(14)15/h1-4,9,12-13H,5-6H2,(H,14,15)/t9-/m0/s1. The van der Waals surface area contributed by atoms with Gasteiger partial charge < -0.3 is 10.2 Å². The van der Waals surface area contributed by atoms with Crippen LogP contribution in [0.4, 0.5) is 4.39 Å². The Labute approximate surface area is 103 Å². The number of aliphatic hydroxyl groups excluding tert-OH is 1. The summed E-state index contributed by atoms with van der Waals surface area (Å²) in [4.78, 5) is 10.4. The molecule has 1 rings (SSSR count). The Morgan fingerprint density at radius 2 is 1.89 bits per heavy atom. The number of carboxylic acid groups (broad SMARTS) is 1. The predicted molar refractivity (Wildman–Crippen MR) is 60.1 cm³/mol. The van der Waals surface area contributed by atoms with Gasteiger partial charge in [0.2, 0.25) is 0 Å². The van der Waals surface area contributed by atoms with Crippen LogP contribution in [0.5, 0.6) is 0 Å². The fourth-order valence-electron chi connectivity index (χ4n) is 1.17. The highest BCUT2D eigenvalue weighted by Crippen LogP contribution is 2.11. The van der Waals surface area contributed by atoms with Gasteiger partial charge in [0.1, 0.15) is 17.7 Å². The third kappa shape index (κ3) is 3.76. The van der Waals surface area contributed by atoms with Crippen LogP contribution in [0.1, 0.15) is 0 Å². The summed E-state index contributed by atoms with van der Waals surface area (Å²) in [6, 6.07) is 2.80. The molecule has 1 aromatic carbocycles. The van der Waals surface area contributed by atoms with Gasteiger partial charge in [-0.2, -0.15) is 0 Å². The lowest BCUT2D eigenvalue weighted by atomic mass is 10.3. The number of carbonyl (C=O) groups is 1. The summed E-state index contributed by atoms with van der Waals surface area (Å²) < 4.78 is 36.1. The molecular weight excluding hydrogens is 265 g/mol. The van der Waals surface area contributed by atoms with Gasteiger partial charge in [-0.15, -0.1) is 0 Å². The van der Waals surface area contributed by atoms with E-state index < -0.39 is 40.1 Å². The van der Waals surface area contributed by atoms with Crippen LogP contribution >= 0.6 is 0 Å². The lowest BCUT2D eigenvalue weighted by Gasteiger charge is -2.11. The number of aliphatic hydroxyl groups is 1. The molecule has 100 valence electrons. The van der Waals surface area contributed by atoms with E-state index in [1.54, 1.807) is 0 Å². The normalized spacial score (nSPS) is 13.2. The molecule has 0 aliphatic rings. The molecule has 1 aromatic rings. The minimum atomic E-state index is -3.77. The van der Waals surface area contributed by atoms with E-state index in [4.69, 9.17) is 10.2 Å². The van der Waals surface area contributed by atoms with Crippen LogP contribution in [0, 0.1) is 5.82 Å². The van der Waals surface area contributed by atoms with Crippen LogP contribution in [-0.2, 0) is 14.6 Å². The van der Waals surface area contributed by atoms with Crippen molar-refractivity contribution in [1.82, 2.24) is 5.32 Å². The summed E-state index contributed by atoms with van der Waals surface area (Å²) in [5.74, 6) is -2.58. The number of nitrogens with one attached hydrogen (secondary N) is 1. The molecule has 0 heterocycles. The fourth-order valence-corrected chi connectivity index (χ4v) is 2.30. The molecule has 0 aliphatic carbocycles. The molecule has 0 saturated heterocycles. The number of carboxylic acids is 1. The van der Waals surface area contributed by atoms with Gasteiger partial charge >= 0.3 is 5.97 Å². The van der Waals surface area contributed by atoms with Crippen molar-refractivity contribution in [1.29, 1.82) is 0 Å². The molecule has 0 unspecified atom stereocenters. The predicted octanol–water partition coefficient (Wildman–Crippen LogP) is -0.408. The number of halogens is 1. The van der Waals surface area contributed by atoms with Gasteiger partial charge in [-0.05, 0) is 24.3 Å². The van der Waals surface area contributed by atoms with Crippen molar-refractivity contribution in [3.05, 3.63) is 30.1 Å². The van der Waals surface area contributed by atoms with Crippen LogP contribution in [0.15, 0.2) is 29.2 Å². The maximum absolute atomic E-state index is 12.6. The second kappa shape index (κ2) is 5.89. The molecule has 1 atom stereocenters. The highest BCUT2D eigenvalue weighted by Gasteiger charge is 2.20. The molecule has 0 aliphatic heterocycles. The van der Waals surface area contributed by atoms with Crippen molar-refractivity contribution in [2.75, 3.05) is 12.5 Å².